The first-order valence-corrected chi connectivity index (χ1v) is 9.17. The number of carbonyl (C=O) groups excluding carboxylic acids is 1. The minimum absolute atomic E-state index is 0.0197. The van der Waals surface area contributed by atoms with E-state index in [0.29, 0.717) is 11.6 Å². The third-order valence-corrected chi connectivity index (χ3v) is 4.34. The predicted octanol–water partition coefficient (Wildman–Crippen LogP) is 4.84. The molecule has 6 nitrogen and oxygen atoms in total. The average molecular weight is 428 g/mol. The number of aromatic nitrogens is 1. The second kappa shape index (κ2) is 9.75. The van der Waals surface area contributed by atoms with E-state index in [2.05, 4.69) is 22.0 Å². The molecule has 0 aliphatic heterocycles. The van der Waals surface area contributed by atoms with Gasteiger partial charge in [0.25, 0.3) is 0 Å². The van der Waals surface area contributed by atoms with Crippen LogP contribution in [-0.4, -0.2) is 29.2 Å². The van der Waals surface area contributed by atoms with Crippen LogP contribution in [0.3, 0.4) is 0 Å². The quantitative estimate of drug-likeness (QED) is 0.316. The van der Waals surface area contributed by atoms with E-state index < -0.39 is 23.4 Å². The Morgan fingerprint density at radius 1 is 1.26 bits per heavy atom. The monoisotopic (exact) mass is 428 g/mol. The van der Waals surface area contributed by atoms with Gasteiger partial charge in [0.2, 0.25) is 11.7 Å². The maximum Gasteiger partial charge on any atom is 0.306 e. The number of anilines is 1. The van der Waals surface area contributed by atoms with Crippen molar-refractivity contribution >= 4 is 18.3 Å². The summed E-state index contributed by atoms with van der Waals surface area (Å²) in [5, 5.41) is 3.13. The lowest BCUT2D eigenvalue weighted by Gasteiger charge is -2.23. The van der Waals surface area contributed by atoms with Crippen molar-refractivity contribution in [2.24, 2.45) is 4.99 Å². The first-order chi connectivity index (χ1) is 14.9. The van der Waals surface area contributed by atoms with Crippen LogP contribution in [0.4, 0.5) is 18.9 Å². The summed E-state index contributed by atoms with van der Waals surface area (Å²) in [5.74, 6) is -3.38. The third-order valence-electron chi connectivity index (χ3n) is 4.34. The highest BCUT2D eigenvalue weighted by Gasteiger charge is 2.12. The van der Waals surface area contributed by atoms with Crippen LogP contribution in [0, 0.1) is 18.6 Å². The Bertz CT molecular complexity index is 1090. The number of nitrogens with zero attached hydrogens (tertiary/aromatic N) is 3. The van der Waals surface area contributed by atoms with Gasteiger partial charge in [-0.25, -0.2) is 18.8 Å². The molecule has 0 aliphatic rings. The van der Waals surface area contributed by atoms with Gasteiger partial charge >= 0.3 is 5.91 Å². The first-order valence-electron chi connectivity index (χ1n) is 9.17. The topological polar surface area (TPSA) is 70.7 Å². The van der Waals surface area contributed by atoms with Gasteiger partial charge in [-0.15, -0.1) is 0 Å². The largest absolute Gasteiger partial charge is 0.445 e. The van der Waals surface area contributed by atoms with Gasteiger partial charge in [-0.05, 0) is 49.0 Å². The fourth-order valence-corrected chi connectivity index (χ4v) is 2.87. The molecule has 31 heavy (non-hydrogen) atoms. The lowest BCUT2D eigenvalue weighted by atomic mass is 10.1. The number of benzene rings is 2. The van der Waals surface area contributed by atoms with Crippen molar-refractivity contribution in [1.29, 1.82) is 0 Å². The van der Waals surface area contributed by atoms with Gasteiger partial charge in [0.1, 0.15) is 17.9 Å². The van der Waals surface area contributed by atoms with E-state index in [1.165, 1.54) is 17.4 Å². The molecule has 0 unspecified atom stereocenters. The minimum atomic E-state index is -1.15. The van der Waals surface area contributed by atoms with E-state index in [4.69, 9.17) is 4.42 Å². The van der Waals surface area contributed by atoms with Gasteiger partial charge in [0.15, 0.2) is 0 Å². The normalized spacial score (nSPS) is 11.3. The number of oxazole rings is 1. The number of aliphatic imine (C=N–C) groups is 1. The number of carbonyl (C=O) groups is 1. The van der Waals surface area contributed by atoms with Crippen molar-refractivity contribution in [3.63, 3.8) is 0 Å². The van der Waals surface area contributed by atoms with Gasteiger partial charge in [-0.3, -0.25) is 4.79 Å². The highest BCUT2D eigenvalue weighted by Crippen LogP contribution is 2.24. The maximum absolute atomic E-state index is 14.1. The van der Waals surface area contributed by atoms with Gasteiger partial charge < -0.3 is 14.6 Å². The summed E-state index contributed by atoms with van der Waals surface area (Å²) in [6.07, 6.45) is 3.90. The SMILES string of the molecule is C=NC(=O)/C(F)=C\N(CNc1cc(-c2ncco2)ccc1C)Cc1cc(F)cc(F)c1. The second-order valence-corrected chi connectivity index (χ2v) is 6.67. The smallest absolute Gasteiger partial charge is 0.306 e. The molecule has 0 radical (unpaired) electrons. The van der Waals surface area contributed by atoms with Crippen molar-refractivity contribution < 1.29 is 22.4 Å². The summed E-state index contributed by atoms with van der Waals surface area (Å²) in [6.45, 7) is 4.83. The Kier molecular flexibility index (Phi) is 6.86. The van der Waals surface area contributed by atoms with Crippen molar-refractivity contribution in [2.45, 2.75) is 13.5 Å². The molecule has 1 heterocycles. The molecule has 0 spiro atoms. The van der Waals surface area contributed by atoms with E-state index >= 15 is 0 Å². The fraction of sp³-hybridized carbons (Fsp3) is 0.136. The zero-order valence-electron chi connectivity index (χ0n) is 16.6. The lowest BCUT2D eigenvalue weighted by molar-refractivity contribution is -0.115. The number of hydrogen-bond donors (Lipinski definition) is 1. The summed E-state index contributed by atoms with van der Waals surface area (Å²) in [5.41, 5.74) is 2.57. The molecular formula is C22H19F3N4O2. The molecule has 0 fully saturated rings. The van der Waals surface area contributed by atoms with E-state index in [0.717, 1.165) is 35.5 Å². The molecule has 0 saturated heterocycles. The van der Waals surface area contributed by atoms with E-state index in [1.54, 1.807) is 6.07 Å². The Labute approximate surface area is 176 Å². The molecular weight excluding hydrogens is 409 g/mol. The molecule has 1 amide bonds. The Morgan fingerprint density at radius 3 is 2.65 bits per heavy atom. The maximum atomic E-state index is 14.1. The lowest BCUT2D eigenvalue weighted by Crippen LogP contribution is -2.25. The predicted molar refractivity (Wildman–Crippen MR) is 111 cm³/mol. The second-order valence-electron chi connectivity index (χ2n) is 6.67. The van der Waals surface area contributed by atoms with Crippen molar-refractivity contribution in [1.82, 2.24) is 9.88 Å². The van der Waals surface area contributed by atoms with Crippen LogP contribution < -0.4 is 5.32 Å². The van der Waals surface area contributed by atoms with Crippen LogP contribution in [0.25, 0.3) is 11.5 Å². The molecule has 9 heteroatoms. The highest BCUT2D eigenvalue weighted by molar-refractivity contribution is 5.94. The third kappa shape index (κ3) is 5.81. The van der Waals surface area contributed by atoms with Crippen LogP contribution >= 0.6 is 0 Å². The molecule has 0 bridgehead atoms. The Balaban J connectivity index is 1.84. The molecule has 2 aromatic carbocycles. The van der Waals surface area contributed by atoms with Gasteiger partial charge in [-0.2, -0.15) is 4.39 Å². The molecule has 160 valence electrons. The summed E-state index contributed by atoms with van der Waals surface area (Å²) in [6, 6.07) is 8.50. The molecule has 1 aromatic heterocycles. The van der Waals surface area contributed by atoms with Crippen molar-refractivity contribution in [2.75, 3.05) is 12.0 Å². The van der Waals surface area contributed by atoms with Gasteiger partial charge in [0, 0.05) is 30.1 Å². The number of amides is 1. The molecule has 3 aromatic rings. The van der Waals surface area contributed by atoms with Crippen LogP contribution in [0.1, 0.15) is 11.1 Å². The molecule has 1 N–H and O–H groups in total. The highest BCUT2D eigenvalue weighted by atomic mass is 19.1. The summed E-state index contributed by atoms with van der Waals surface area (Å²) in [4.78, 5) is 19.9. The molecule has 0 aliphatic carbocycles. The zero-order valence-corrected chi connectivity index (χ0v) is 16.6. The fourth-order valence-electron chi connectivity index (χ4n) is 2.87. The van der Waals surface area contributed by atoms with Crippen LogP contribution in [-0.2, 0) is 11.3 Å². The molecule has 3 rings (SSSR count). The number of aryl methyl sites for hydroxylation is 1. The first kappa shape index (κ1) is 21.8. The van der Waals surface area contributed by atoms with Crippen molar-refractivity contribution in [3.05, 3.63) is 83.6 Å². The number of halogens is 3. The zero-order chi connectivity index (χ0) is 22.4. The van der Waals surface area contributed by atoms with E-state index in [-0.39, 0.29) is 18.8 Å². The van der Waals surface area contributed by atoms with Crippen LogP contribution in [0.2, 0.25) is 0 Å². The Hall–Kier alpha value is -3.88. The van der Waals surface area contributed by atoms with E-state index in [1.807, 2.05) is 19.1 Å². The minimum Gasteiger partial charge on any atom is -0.445 e. The van der Waals surface area contributed by atoms with E-state index in [9.17, 15) is 18.0 Å². The number of rotatable bonds is 8. The number of hydrogen-bond acceptors (Lipinski definition) is 5. The van der Waals surface area contributed by atoms with Crippen LogP contribution in [0.5, 0.6) is 0 Å². The van der Waals surface area contributed by atoms with Crippen molar-refractivity contribution in [3.8, 4) is 11.5 Å². The standard InChI is InChI=1S/C22H19F3N4O2/c1-14-3-4-16(22-27-5-6-31-22)9-20(14)28-13-29(12-19(25)21(30)26-2)11-15-7-17(23)10-18(24)8-15/h3-10,12,28H,2,11,13H2,1H3/b19-12+. The summed E-state index contributed by atoms with van der Waals surface area (Å²) >= 11 is 0. The number of nitrogens with one attached hydrogen (secondary N) is 1. The molecule has 0 atom stereocenters. The average Bonchev–Trinajstić information content (AvgIpc) is 3.26. The van der Waals surface area contributed by atoms with Gasteiger partial charge in [-0.1, -0.05) is 6.07 Å². The Morgan fingerprint density at radius 2 is 2.00 bits per heavy atom. The summed E-state index contributed by atoms with van der Waals surface area (Å²) in [7, 11) is 0. The molecule has 0 saturated carbocycles. The van der Waals surface area contributed by atoms with Gasteiger partial charge in [0.05, 0.1) is 12.9 Å². The summed E-state index contributed by atoms with van der Waals surface area (Å²) < 4.78 is 46.5. The van der Waals surface area contributed by atoms with Crippen LogP contribution in [0.15, 0.2) is 70.3 Å².